The SMILES string of the molecule is C1=CC2C3C=CC(C3)C2C1.C1CC2C3CCC(C3)C2C1.CC=O.CC=O.I.II. The molecule has 166 valence electrons. The second-order valence-electron chi connectivity index (χ2n) is 8.92. The van der Waals surface area contributed by atoms with Crippen LogP contribution in [-0.2, 0) is 9.59 Å². The van der Waals surface area contributed by atoms with E-state index in [0.29, 0.717) is 0 Å². The van der Waals surface area contributed by atoms with Crippen LogP contribution in [0.1, 0.15) is 65.2 Å². The molecule has 8 unspecified atom stereocenters. The van der Waals surface area contributed by atoms with E-state index in [1.54, 1.807) is 38.5 Å². The molecule has 4 fully saturated rings. The van der Waals surface area contributed by atoms with Gasteiger partial charge in [0.2, 0.25) is 0 Å². The summed E-state index contributed by atoms with van der Waals surface area (Å²) in [5.74, 6) is 8.62. The van der Waals surface area contributed by atoms with Gasteiger partial charge in [-0.05, 0) is 106 Å². The summed E-state index contributed by atoms with van der Waals surface area (Å²) in [6.45, 7) is 2.89. The van der Waals surface area contributed by atoms with Crippen molar-refractivity contribution < 1.29 is 9.59 Å². The fourth-order valence-electron chi connectivity index (χ4n) is 6.99. The molecule has 0 amide bonds. The normalized spacial score (nSPS) is 39.7. The first-order valence-electron chi connectivity index (χ1n) is 11.0. The molecule has 0 aliphatic heterocycles. The second kappa shape index (κ2) is 15.0. The van der Waals surface area contributed by atoms with Gasteiger partial charge in [0, 0.05) is 37.2 Å². The topological polar surface area (TPSA) is 34.1 Å². The summed E-state index contributed by atoms with van der Waals surface area (Å²) in [5.41, 5.74) is 0. The van der Waals surface area contributed by atoms with E-state index in [2.05, 4.69) is 61.5 Å². The Morgan fingerprint density at radius 3 is 1.79 bits per heavy atom. The summed E-state index contributed by atoms with van der Waals surface area (Å²) in [6, 6.07) is 0. The molecule has 5 heteroatoms. The van der Waals surface area contributed by atoms with E-state index in [1.807, 2.05) is 0 Å². The Morgan fingerprint density at radius 1 is 0.759 bits per heavy atom. The smallest absolute Gasteiger partial charge is 0.116 e. The third-order valence-corrected chi connectivity index (χ3v) is 7.80. The summed E-state index contributed by atoms with van der Waals surface area (Å²) in [6.07, 6.45) is 23.5. The second-order valence-corrected chi connectivity index (χ2v) is 8.92. The van der Waals surface area contributed by atoms with Crippen LogP contribution in [0.2, 0.25) is 0 Å². The minimum absolute atomic E-state index is 0. The average Bonchev–Trinajstić information content (AvgIpc) is 3.54. The van der Waals surface area contributed by atoms with Crippen molar-refractivity contribution >= 4 is 73.8 Å². The van der Waals surface area contributed by atoms with Crippen molar-refractivity contribution in [3.63, 3.8) is 0 Å². The molecular weight excluding hydrogens is 701 g/mol. The Labute approximate surface area is 218 Å². The maximum Gasteiger partial charge on any atom is 0.116 e. The van der Waals surface area contributed by atoms with Gasteiger partial charge in [0.15, 0.2) is 0 Å². The van der Waals surface area contributed by atoms with E-state index in [-0.39, 0.29) is 24.0 Å². The quantitative estimate of drug-likeness (QED) is 0.144. The van der Waals surface area contributed by atoms with E-state index in [0.717, 1.165) is 36.2 Å². The lowest BCUT2D eigenvalue weighted by molar-refractivity contribution is -0.106. The standard InChI is InChI=1S/C10H16.C10H12.2C2H4O.I2.HI/c2*1-2-9-7-4-5-8(6-7)10(9)3-1;2*1-2-3;1-2;/h7-10H,1-6H2;1-2,4-5,7-10H,3,6H2;2*2H,1H3;;1H. The monoisotopic (exact) mass is 738 g/mol. The van der Waals surface area contributed by atoms with Crippen molar-refractivity contribution in [2.45, 2.75) is 65.2 Å². The Morgan fingerprint density at radius 2 is 1.28 bits per heavy atom. The van der Waals surface area contributed by atoms with Crippen molar-refractivity contribution in [2.24, 2.45) is 47.3 Å². The third kappa shape index (κ3) is 6.99. The average molecular weight is 738 g/mol. The molecule has 6 aliphatic carbocycles. The Balaban J connectivity index is 0.000000211. The van der Waals surface area contributed by atoms with Crippen molar-refractivity contribution in [1.29, 1.82) is 0 Å². The fourth-order valence-corrected chi connectivity index (χ4v) is 6.99. The van der Waals surface area contributed by atoms with E-state index >= 15 is 0 Å². The van der Waals surface area contributed by atoms with Crippen LogP contribution < -0.4 is 0 Å². The number of aldehydes is 2. The number of rotatable bonds is 0. The highest BCUT2D eigenvalue weighted by Gasteiger charge is 2.48. The zero-order valence-corrected chi connectivity index (χ0v) is 24.4. The molecule has 4 bridgehead atoms. The van der Waals surface area contributed by atoms with Crippen LogP contribution in [0, 0.1) is 47.3 Å². The summed E-state index contributed by atoms with van der Waals surface area (Å²) in [5, 5.41) is 0. The van der Waals surface area contributed by atoms with Crippen LogP contribution in [0.15, 0.2) is 24.3 Å². The molecular formula is C24H37I3O2. The molecule has 2 nitrogen and oxygen atoms in total. The lowest BCUT2D eigenvalue weighted by Crippen LogP contribution is -2.15. The zero-order chi connectivity index (χ0) is 20.5. The highest BCUT2D eigenvalue weighted by atomic mass is 128. The van der Waals surface area contributed by atoms with Crippen molar-refractivity contribution in [2.75, 3.05) is 0 Å². The summed E-state index contributed by atoms with van der Waals surface area (Å²) >= 11 is 4.24. The van der Waals surface area contributed by atoms with Crippen molar-refractivity contribution in [3.8, 4) is 0 Å². The van der Waals surface area contributed by atoms with Gasteiger partial charge in [-0.2, -0.15) is 0 Å². The van der Waals surface area contributed by atoms with E-state index in [1.165, 1.54) is 50.4 Å². The molecule has 8 atom stereocenters. The number of allylic oxidation sites excluding steroid dienone is 4. The minimum atomic E-state index is 0. The first-order valence-corrected chi connectivity index (χ1v) is 17.3. The minimum Gasteiger partial charge on any atom is -0.304 e. The predicted molar refractivity (Wildman–Crippen MR) is 150 cm³/mol. The largest absolute Gasteiger partial charge is 0.304 e. The number of fused-ring (bicyclic) bond motifs is 10. The van der Waals surface area contributed by atoms with Crippen LogP contribution in [0.5, 0.6) is 0 Å². The van der Waals surface area contributed by atoms with Crippen LogP contribution in [0.4, 0.5) is 0 Å². The van der Waals surface area contributed by atoms with Crippen LogP contribution >= 0.6 is 61.2 Å². The van der Waals surface area contributed by atoms with Crippen LogP contribution in [-0.4, -0.2) is 12.6 Å². The lowest BCUT2D eigenvalue weighted by Gasteiger charge is -2.23. The van der Waals surface area contributed by atoms with Gasteiger partial charge in [0.1, 0.15) is 12.6 Å². The van der Waals surface area contributed by atoms with Crippen LogP contribution in [0.3, 0.4) is 0 Å². The van der Waals surface area contributed by atoms with Crippen molar-refractivity contribution in [3.05, 3.63) is 24.3 Å². The number of halogens is 3. The van der Waals surface area contributed by atoms with Gasteiger partial charge in [0.25, 0.3) is 0 Å². The maximum atomic E-state index is 8.81. The van der Waals surface area contributed by atoms with E-state index in [4.69, 9.17) is 9.59 Å². The summed E-state index contributed by atoms with van der Waals surface area (Å²) < 4.78 is 0. The maximum absolute atomic E-state index is 8.81. The van der Waals surface area contributed by atoms with Gasteiger partial charge >= 0.3 is 0 Å². The lowest BCUT2D eigenvalue weighted by atomic mass is 9.82. The van der Waals surface area contributed by atoms with Gasteiger partial charge in [-0.25, -0.2) is 0 Å². The van der Waals surface area contributed by atoms with Gasteiger partial charge in [-0.3, -0.25) is 0 Å². The zero-order valence-electron chi connectivity index (χ0n) is 17.7. The summed E-state index contributed by atoms with van der Waals surface area (Å²) in [4.78, 5) is 17.6. The highest BCUT2D eigenvalue weighted by Crippen LogP contribution is 2.58. The third-order valence-electron chi connectivity index (χ3n) is 7.80. The Hall–Kier alpha value is 1.01. The molecule has 0 spiro atoms. The first kappa shape index (κ1) is 28.0. The van der Waals surface area contributed by atoms with E-state index < -0.39 is 0 Å². The van der Waals surface area contributed by atoms with Crippen molar-refractivity contribution in [1.82, 2.24) is 0 Å². The van der Waals surface area contributed by atoms with Gasteiger partial charge in [-0.15, -0.1) is 24.0 Å². The molecule has 6 rings (SSSR count). The fraction of sp³-hybridized carbons (Fsp3) is 0.750. The Bertz CT molecular complexity index is 526. The molecule has 6 aliphatic rings. The first-order chi connectivity index (χ1) is 13.7. The molecule has 0 aromatic carbocycles. The molecule has 29 heavy (non-hydrogen) atoms. The molecule has 0 aromatic heterocycles. The molecule has 4 saturated carbocycles. The summed E-state index contributed by atoms with van der Waals surface area (Å²) in [7, 11) is 0. The number of carbonyl (C=O) groups is 2. The molecule has 0 N–H and O–H groups in total. The molecule has 0 saturated heterocycles. The Kier molecular flexibility index (Phi) is 14.5. The van der Waals surface area contributed by atoms with E-state index in [9.17, 15) is 0 Å². The number of carbonyl (C=O) groups excluding carboxylic acids is 2. The number of hydrogen-bond donors (Lipinski definition) is 0. The molecule has 0 aromatic rings. The van der Waals surface area contributed by atoms with Gasteiger partial charge in [-0.1, -0.05) is 30.7 Å². The predicted octanol–water partition coefficient (Wildman–Crippen LogP) is 8.02. The van der Waals surface area contributed by atoms with Crippen LogP contribution in [0.25, 0.3) is 0 Å². The highest BCUT2D eigenvalue weighted by molar-refractivity contribution is 15.0. The number of hydrogen-bond acceptors (Lipinski definition) is 2. The van der Waals surface area contributed by atoms with Gasteiger partial charge in [0.05, 0.1) is 0 Å². The molecule has 0 radical (unpaired) electrons. The van der Waals surface area contributed by atoms with Gasteiger partial charge < -0.3 is 9.59 Å². The molecule has 0 heterocycles.